The third kappa shape index (κ3) is 2.43. The second-order valence-corrected chi connectivity index (χ2v) is 5.69. The van der Waals surface area contributed by atoms with Crippen molar-refractivity contribution in [3.63, 3.8) is 0 Å². The van der Waals surface area contributed by atoms with E-state index in [1.807, 2.05) is 11.4 Å². The SMILES string of the molecule is CCCC1CC(O)(c2sccc2Cl)CCO1. The quantitative estimate of drug-likeness (QED) is 0.900. The molecular weight excluding hydrogens is 244 g/mol. The molecule has 2 rings (SSSR count). The van der Waals surface area contributed by atoms with Gasteiger partial charge in [-0.15, -0.1) is 11.3 Å². The lowest BCUT2D eigenvalue weighted by Crippen LogP contribution is -2.38. The molecule has 2 nitrogen and oxygen atoms in total. The Morgan fingerprint density at radius 1 is 1.69 bits per heavy atom. The Kier molecular flexibility index (Phi) is 3.90. The van der Waals surface area contributed by atoms with Crippen LogP contribution in [0.5, 0.6) is 0 Å². The molecule has 0 aliphatic carbocycles. The van der Waals surface area contributed by atoms with Gasteiger partial charge in [-0.05, 0) is 17.9 Å². The molecule has 0 saturated carbocycles. The van der Waals surface area contributed by atoms with E-state index in [0.717, 1.165) is 17.7 Å². The highest BCUT2D eigenvalue weighted by Gasteiger charge is 2.38. The maximum Gasteiger partial charge on any atom is 0.105 e. The molecule has 4 heteroatoms. The summed E-state index contributed by atoms with van der Waals surface area (Å²) < 4.78 is 5.65. The molecule has 1 aromatic heterocycles. The Morgan fingerprint density at radius 2 is 2.50 bits per heavy atom. The summed E-state index contributed by atoms with van der Waals surface area (Å²) in [6, 6.07) is 1.85. The van der Waals surface area contributed by atoms with Crippen molar-refractivity contribution in [2.45, 2.75) is 44.3 Å². The molecule has 1 aliphatic heterocycles. The minimum absolute atomic E-state index is 0.168. The van der Waals surface area contributed by atoms with Crippen LogP contribution < -0.4 is 0 Å². The van der Waals surface area contributed by atoms with Crippen LogP contribution in [0.3, 0.4) is 0 Å². The van der Waals surface area contributed by atoms with Gasteiger partial charge in [0.25, 0.3) is 0 Å². The van der Waals surface area contributed by atoms with Crippen molar-refractivity contribution in [1.29, 1.82) is 0 Å². The molecule has 2 atom stereocenters. The van der Waals surface area contributed by atoms with Gasteiger partial charge in [-0.1, -0.05) is 24.9 Å². The lowest BCUT2D eigenvalue weighted by molar-refractivity contribution is -0.108. The second-order valence-electron chi connectivity index (χ2n) is 4.36. The van der Waals surface area contributed by atoms with Gasteiger partial charge < -0.3 is 9.84 Å². The van der Waals surface area contributed by atoms with Gasteiger partial charge in [0, 0.05) is 12.8 Å². The number of halogens is 1. The van der Waals surface area contributed by atoms with Crippen molar-refractivity contribution < 1.29 is 9.84 Å². The minimum Gasteiger partial charge on any atom is -0.384 e. The molecule has 2 heterocycles. The first-order chi connectivity index (χ1) is 7.65. The topological polar surface area (TPSA) is 29.5 Å². The Bertz CT molecular complexity index is 351. The summed E-state index contributed by atoms with van der Waals surface area (Å²) in [7, 11) is 0. The Labute approximate surface area is 105 Å². The van der Waals surface area contributed by atoms with Crippen LogP contribution in [0.15, 0.2) is 11.4 Å². The average molecular weight is 261 g/mol. The van der Waals surface area contributed by atoms with E-state index >= 15 is 0 Å². The van der Waals surface area contributed by atoms with E-state index in [1.54, 1.807) is 0 Å². The van der Waals surface area contributed by atoms with E-state index < -0.39 is 5.60 Å². The summed E-state index contributed by atoms with van der Waals surface area (Å²) in [6.07, 6.45) is 3.57. The van der Waals surface area contributed by atoms with Crippen LogP contribution >= 0.6 is 22.9 Å². The van der Waals surface area contributed by atoms with Crippen molar-refractivity contribution in [3.05, 3.63) is 21.3 Å². The van der Waals surface area contributed by atoms with Gasteiger partial charge in [-0.2, -0.15) is 0 Å². The fraction of sp³-hybridized carbons (Fsp3) is 0.667. The van der Waals surface area contributed by atoms with E-state index in [1.165, 1.54) is 11.3 Å². The van der Waals surface area contributed by atoms with Crippen LogP contribution in [0, 0.1) is 0 Å². The van der Waals surface area contributed by atoms with E-state index in [2.05, 4.69) is 6.92 Å². The summed E-state index contributed by atoms with van der Waals surface area (Å²) in [5.41, 5.74) is -0.774. The van der Waals surface area contributed by atoms with Gasteiger partial charge in [0.1, 0.15) is 5.60 Å². The zero-order valence-electron chi connectivity index (χ0n) is 9.41. The van der Waals surface area contributed by atoms with E-state index in [-0.39, 0.29) is 6.10 Å². The fourth-order valence-corrected chi connectivity index (χ4v) is 3.64. The lowest BCUT2D eigenvalue weighted by Gasteiger charge is -2.36. The summed E-state index contributed by atoms with van der Waals surface area (Å²) >= 11 is 7.63. The summed E-state index contributed by atoms with van der Waals surface area (Å²) in [4.78, 5) is 0.901. The summed E-state index contributed by atoms with van der Waals surface area (Å²) in [6.45, 7) is 2.75. The molecule has 1 fully saturated rings. The smallest absolute Gasteiger partial charge is 0.105 e. The molecule has 1 aliphatic rings. The number of hydrogen-bond acceptors (Lipinski definition) is 3. The van der Waals surface area contributed by atoms with Crippen LogP contribution in [-0.4, -0.2) is 17.8 Å². The van der Waals surface area contributed by atoms with E-state index in [4.69, 9.17) is 16.3 Å². The standard InChI is InChI=1S/C12H17ClO2S/c1-2-3-9-8-12(14,5-6-15-9)11-10(13)4-7-16-11/h4,7,9,14H,2-3,5-6,8H2,1H3. The van der Waals surface area contributed by atoms with Gasteiger partial charge in [-0.25, -0.2) is 0 Å². The van der Waals surface area contributed by atoms with Crippen molar-refractivity contribution in [3.8, 4) is 0 Å². The number of hydrogen-bond donors (Lipinski definition) is 1. The third-order valence-electron chi connectivity index (χ3n) is 3.09. The van der Waals surface area contributed by atoms with Gasteiger partial charge in [0.15, 0.2) is 0 Å². The van der Waals surface area contributed by atoms with Crippen LogP contribution in [0.4, 0.5) is 0 Å². The monoisotopic (exact) mass is 260 g/mol. The predicted octanol–water partition coefficient (Wildman–Crippen LogP) is 3.57. The number of ether oxygens (including phenoxy) is 1. The van der Waals surface area contributed by atoms with E-state index in [9.17, 15) is 5.11 Å². The van der Waals surface area contributed by atoms with Gasteiger partial charge in [0.05, 0.1) is 22.6 Å². The highest BCUT2D eigenvalue weighted by Crippen LogP contribution is 2.41. The van der Waals surface area contributed by atoms with Gasteiger partial charge >= 0.3 is 0 Å². The summed E-state index contributed by atoms with van der Waals surface area (Å²) in [5, 5.41) is 13.3. The van der Waals surface area contributed by atoms with Crippen molar-refractivity contribution in [1.82, 2.24) is 0 Å². The molecule has 0 amide bonds. The van der Waals surface area contributed by atoms with Gasteiger partial charge in [0.2, 0.25) is 0 Å². The molecule has 90 valence electrons. The minimum atomic E-state index is -0.774. The first-order valence-corrected chi connectivity index (χ1v) is 6.99. The molecule has 1 N–H and O–H groups in total. The van der Waals surface area contributed by atoms with Crippen molar-refractivity contribution in [2.24, 2.45) is 0 Å². The Hall–Kier alpha value is -0.0900. The first kappa shape index (κ1) is 12.4. The molecule has 2 unspecified atom stereocenters. The highest BCUT2D eigenvalue weighted by molar-refractivity contribution is 7.10. The van der Waals surface area contributed by atoms with Crippen molar-refractivity contribution in [2.75, 3.05) is 6.61 Å². The molecule has 0 spiro atoms. The number of thiophene rings is 1. The van der Waals surface area contributed by atoms with Crippen LogP contribution in [0.2, 0.25) is 5.02 Å². The van der Waals surface area contributed by atoms with E-state index in [0.29, 0.717) is 24.5 Å². The average Bonchev–Trinajstić information content (AvgIpc) is 2.66. The molecule has 16 heavy (non-hydrogen) atoms. The molecule has 1 aromatic rings. The second kappa shape index (κ2) is 5.05. The Balaban J connectivity index is 2.15. The molecule has 0 bridgehead atoms. The predicted molar refractivity (Wildman–Crippen MR) is 67.1 cm³/mol. The van der Waals surface area contributed by atoms with Gasteiger partial charge in [-0.3, -0.25) is 0 Å². The lowest BCUT2D eigenvalue weighted by atomic mass is 9.87. The first-order valence-electron chi connectivity index (χ1n) is 5.73. The maximum absolute atomic E-state index is 10.7. The fourth-order valence-electron chi connectivity index (χ4n) is 2.27. The molecule has 0 aromatic carbocycles. The molecular formula is C12H17ClO2S. The highest BCUT2D eigenvalue weighted by atomic mass is 35.5. The third-order valence-corrected chi connectivity index (χ3v) is 4.62. The Morgan fingerprint density at radius 3 is 3.12 bits per heavy atom. The normalized spacial score (nSPS) is 30.6. The largest absolute Gasteiger partial charge is 0.384 e. The number of rotatable bonds is 3. The van der Waals surface area contributed by atoms with Crippen LogP contribution in [-0.2, 0) is 10.3 Å². The molecule has 1 saturated heterocycles. The van der Waals surface area contributed by atoms with Crippen LogP contribution in [0.25, 0.3) is 0 Å². The zero-order valence-corrected chi connectivity index (χ0v) is 11.0. The summed E-state index contributed by atoms with van der Waals surface area (Å²) in [5.74, 6) is 0. The maximum atomic E-state index is 10.7. The van der Waals surface area contributed by atoms with Crippen LogP contribution in [0.1, 0.15) is 37.5 Å². The molecule has 0 radical (unpaired) electrons. The number of aliphatic hydroxyl groups is 1. The zero-order chi connectivity index (χ0) is 11.6. The van der Waals surface area contributed by atoms with Crippen molar-refractivity contribution >= 4 is 22.9 Å².